The van der Waals surface area contributed by atoms with Crippen molar-refractivity contribution in [1.29, 1.82) is 0 Å². The number of halogens is 1. The van der Waals surface area contributed by atoms with E-state index in [1.54, 1.807) is 31.0 Å². The van der Waals surface area contributed by atoms with Crippen LogP contribution in [0.1, 0.15) is 29.3 Å². The number of ether oxygens (including phenoxy) is 1. The number of likely N-dealkylation sites (N-methyl/N-ethyl adjacent to an activating group) is 1. The first-order valence-corrected chi connectivity index (χ1v) is 8.97. The minimum atomic E-state index is -3.87. The zero-order chi connectivity index (χ0) is 15.8. The van der Waals surface area contributed by atoms with E-state index in [0.29, 0.717) is 17.7 Å². The molecule has 116 valence electrons. The van der Waals surface area contributed by atoms with Crippen molar-refractivity contribution in [3.63, 3.8) is 0 Å². The lowest BCUT2D eigenvalue weighted by Crippen LogP contribution is -2.41. The van der Waals surface area contributed by atoms with Crippen LogP contribution in [-0.2, 0) is 13.8 Å². The highest BCUT2D eigenvalue weighted by atomic mass is 35.7. The third kappa shape index (κ3) is 3.39. The molecule has 0 aliphatic carbocycles. The second kappa shape index (κ2) is 5.94. The molecule has 2 atom stereocenters. The highest BCUT2D eigenvalue weighted by molar-refractivity contribution is 8.13. The molecule has 0 bridgehead atoms. The Labute approximate surface area is 129 Å². The summed E-state index contributed by atoms with van der Waals surface area (Å²) in [5.74, 6) is -0.237. The highest BCUT2D eigenvalue weighted by Gasteiger charge is 2.31. The fourth-order valence-corrected chi connectivity index (χ4v) is 3.80. The average molecular weight is 332 g/mol. The molecular weight excluding hydrogens is 314 g/mol. The van der Waals surface area contributed by atoms with Crippen molar-refractivity contribution < 1.29 is 17.9 Å². The fraction of sp³-hybridized carbons (Fsp3) is 0.500. The van der Waals surface area contributed by atoms with Gasteiger partial charge in [0.2, 0.25) is 0 Å². The smallest absolute Gasteiger partial charge is 0.261 e. The van der Waals surface area contributed by atoms with Crippen LogP contribution in [-0.4, -0.2) is 45.0 Å². The second-order valence-electron chi connectivity index (χ2n) is 5.27. The summed E-state index contributed by atoms with van der Waals surface area (Å²) in [4.78, 5) is 14.1. The molecule has 0 saturated carbocycles. The monoisotopic (exact) mass is 331 g/mol. The van der Waals surface area contributed by atoms with Gasteiger partial charge in [0.05, 0.1) is 17.0 Å². The lowest BCUT2D eigenvalue weighted by atomic mass is 10.1. The van der Waals surface area contributed by atoms with Crippen molar-refractivity contribution in [1.82, 2.24) is 4.90 Å². The molecule has 0 N–H and O–H groups in total. The molecule has 2 unspecified atom stereocenters. The largest absolute Gasteiger partial charge is 0.376 e. The summed E-state index contributed by atoms with van der Waals surface area (Å²) in [5.41, 5.74) is 0.822. The molecule has 21 heavy (non-hydrogen) atoms. The van der Waals surface area contributed by atoms with Crippen LogP contribution < -0.4 is 0 Å². The molecule has 1 saturated heterocycles. The molecule has 2 rings (SSSR count). The van der Waals surface area contributed by atoms with E-state index in [2.05, 4.69) is 0 Å². The average Bonchev–Trinajstić information content (AvgIpc) is 2.82. The van der Waals surface area contributed by atoms with Crippen LogP contribution in [0, 0.1) is 6.92 Å². The Balaban J connectivity index is 2.32. The number of carbonyl (C=O) groups is 1. The van der Waals surface area contributed by atoms with E-state index < -0.39 is 9.05 Å². The van der Waals surface area contributed by atoms with E-state index in [4.69, 9.17) is 15.4 Å². The number of carbonyl (C=O) groups excluding carboxylic acids is 1. The Morgan fingerprint density at radius 1 is 1.43 bits per heavy atom. The van der Waals surface area contributed by atoms with E-state index >= 15 is 0 Å². The van der Waals surface area contributed by atoms with Gasteiger partial charge >= 0.3 is 0 Å². The van der Waals surface area contributed by atoms with Crippen LogP contribution in [0.25, 0.3) is 0 Å². The number of rotatable bonds is 3. The summed E-state index contributed by atoms with van der Waals surface area (Å²) >= 11 is 0. The Morgan fingerprint density at radius 2 is 2.10 bits per heavy atom. The van der Waals surface area contributed by atoms with E-state index in [0.717, 1.165) is 6.42 Å². The van der Waals surface area contributed by atoms with Crippen LogP contribution in [0.3, 0.4) is 0 Å². The van der Waals surface area contributed by atoms with Gasteiger partial charge in [0, 0.05) is 29.9 Å². The van der Waals surface area contributed by atoms with E-state index in [1.807, 2.05) is 6.92 Å². The molecule has 0 aromatic heterocycles. The number of amides is 1. The van der Waals surface area contributed by atoms with Crippen molar-refractivity contribution in [3.8, 4) is 0 Å². The lowest BCUT2D eigenvalue weighted by molar-refractivity contribution is 0.0574. The van der Waals surface area contributed by atoms with Gasteiger partial charge in [0.15, 0.2) is 0 Å². The molecular formula is C14H18ClNO4S. The maximum absolute atomic E-state index is 12.5. The van der Waals surface area contributed by atoms with Crippen LogP contribution >= 0.6 is 10.7 Å². The van der Waals surface area contributed by atoms with Crippen molar-refractivity contribution in [2.75, 3.05) is 13.7 Å². The van der Waals surface area contributed by atoms with Gasteiger partial charge in [0.25, 0.3) is 15.0 Å². The van der Waals surface area contributed by atoms with Crippen LogP contribution in [0.5, 0.6) is 0 Å². The summed E-state index contributed by atoms with van der Waals surface area (Å²) < 4.78 is 28.5. The SMILES string of the molecule is Cc1ccc(C(=O)N(C)C2CCOC2C)cc1S(=O)(=O)Cl. The minimum absolute atomic E-state index is 0.00476. The Bertz CT molecular complexity index is 659. The van der Waals surface area contributed by atoms with Gasteiger partial charge in [-0.1, -0.05) is 6.07 Å². The van der Waals surface area contributed by atoms with Gasteiger partial charge in [-0.05, 0) is 38.0 Å². The Morgan fingerprint density at radius 3 is 2.62 bits per heavy atom. The number of hydrogen-bond donors (Lipinski definition) is 0. The fourth-order valence-electron chi connectivity index (χ4n) is 2.58. The molecule has 7 heteroatoms. The normalized spacial score (nSPS) is 22.3. The zero-order valence-corrected chi connectivity index (χ0v) is 13.7. The molecule has 0 radical (unpaired) electrons. The maximum atomic E-state index is 12.5. The highest BCUT2D eigenvalue weighted by Crippen LogP contribution is 2.24. The summed E-state index contributed by atoms with van der Waals surface area (Å²) in [5, 5.41) is 0. The van der Waals surface area contributed by atoms with Gasteiger partial charge in [-0.15, -0.1) is 0 Å². The zero-order valence-electron chi connectivity index (χ0n) is 12.2. The van der Waals surface area contributed by atoms with E-state index in [-0.39, 0.29) is 22.9 Å². The van der Waals surface area contributed by atoms with Gasteiger partial charge in [-0.2, -0.15) is 0 Å². The summed E-state index contributed by atoms with van der Waals surface area (Å²) in [7, 11) is 3.23. The predicted molar refractivity (Wildman–Crippen MR) is 80.1 cm³/mol. The summed E-state index contributed by atoms with van der Waals surface area (Å²) in [6.45, 7) is 4.18. The second-order valence-corrected chi connectivity index (χ2v) is 7.80. The molecule has 1 amide bonds. The van der Waals surface area contributed by atoms with Crippen LogP contribution in [0.4, 0.5) is 0 Å². The molecule has 1 aromatic carbocycles. The first-order valence-electron chi connectivity index (χ1n) is 6.66. The molecule has 5 nitrogen and oxygen atoms in total. The standard InChI is InChI=1S/C14H18ClNO4S/c1-9-4-5-11(8-13(9)21(15,18)19)14(17)16(3)12-6-7-20-10(12)2/h4-5,8,10,12H,6-7H2,1-3H3. The first-order chi connectivity index (χ1) is 9.71. The van der Waals surface area contributed by atoms with Gasteiger partial charge in [-0.3, -0.25) is 4.79 Å². The molecule has 0 spiro atoms. The van der Waals surface area contributed by atoms with Crippen LogP contribution in [0.2, 0.25) is 0 Å². The lowest BCUT2D eigenvalue weighted by Gasteiger charge is -2.27. The van der Waals surface area contributed by atoms with Gasteiger partial charge < -0.3 is 9.64 Å². The molecule has 1 aliphatic rings. The third-order valence-corrected chi connectivity index (χ3v) is 5.32. The number of nitrogens with zero attached hydrogens (tertiary/aromatic N) is 1. The molecule has 1 aromatic rings. The van der Waals surface area contributed by atoms with Crippen molar-refractivity contribution in [2.45, 2.75) is 37.3 Å². The first kappa shape index (κ1) is 16.3. The topological polar surface area (TPSA) is 63.7 Å². The molecule has 1 aliphatic heterocycles. The molecule has 1 heterocycles. The number of aryl methyl sites for hydroxylation is 1. The van der Waals surface area contributed by atoms with Gasteiger partial charge in [-0.25, -0.2) is 8.42 Å². The quantitative estimate of drug-likeness (QED) is 0.796. The Hall–Kier alpha value is -1.11. The number of benzene rings is 1. The van der Waals surface area contributed by atoms with Crippen molar-refractivity contribution in [3.05, 3.63) is 29.3 Å². The predicted octanol–water partition coefficient (Wildman–Crippen LogP) is 2.17. The molecule has 1 fully saturated rings. The van der Waals surface area contributed by atoms with Crippen molar-refractivity contribution in [2.24, 2.45) is 0 Å². The maximum Gasteiger partial charge on any atom is 0.261 e. The van der Waals surface area contributed by atoms with E-state index in [9.17, 15) is 13.2 Å². The number of hydrogen-bond acceptors (Lipinski definition) is 4. The third-order valence-electron chi connectivity index (χ3n) is 3.85. The van der Waals surface area contributed by atoms with Gasteiger partial charge in [0.1, 0.15) is 0 Å². The minimum Gasteiger partial charge on any atom is -0.376 e. The van der Waals surface area contributed by atoms with E-state index in [1.165, 1.54) is 6.07 Å². The summed E-state index contributed by atoms with van der Waals surface area (Å²) in [6.07, 6.45) is 0.747. The van der Waals surface area contributed by atoms with Crippen LogP contribution in [0.15, 0.2) is 23.1 Å². The summed E-state index contributed by atoms with van der Waals surface area (Å²) in [6, 6.07) is 4.53. The van der Waals surface area contributed by atoms with Crippen molar-refractivity contribution >= 4 is 25.6 Å². The Kier molecular flexibility index (Phi) is 4.60.